The number of aryl methyl sites for hydroxylation is 1. The summed E-state index contributed by atoms with van der Waals surface area (Å²) in [6.45, 7) is 6.92. The van der Waals surface area contributed by atoms with E-state index in [0.717, 1.165) is 13.0 Å². The van der Waals surface area contributed by atoms with Gasteiger partial charge < -0.3 is 4.57 Å². The Labute approximate surface area is 109 Å². The number of rotatable bonds is 2. The van der Waals surface area contributed by atoms with Crippen molar-refractivity contribution in [3.05, 3.63) is 11.6 Å². The predicted molar refractivity (Wildman–Crippen MR) is 71.5 cm³/mol. The molecule has 0 bridgehead atoms. The fourth-order valence-corrected chi connectivity index (χ4v) is 3.56. The summed E-state index contributed by atoms with van der Waals surface area (Å²) in [5, 5.41) is 8.98. The third kappa shape index (κ3) is 1.96. The van der Waals surface area contributed by atoms with Gasteiger partial charge >= 0.3 is 0 Å². The molecule has 4 nitrogen and oxygen atoms in total. The van der Waals surface area contributed by atoms with Crippen molar-refractivity contribution in [3.8, 4) is 0 Å². The van der Waals surface area contributed by atoms with Crippen LogP contribution < -0.4 is 0 Å². The lowest BCUT2D eigenvalue weighted by atomic mass is 9.99. The van der Waals surface area contributed by atoms with E-state index in [9.17, 15) is 0 Å². The molecule has 0 radical (unpaired) electrons. The van der Waals surface area contributed by atoms with Crippen molar-refractivity contribution in [2.24, 2.45) is 0 Å². The first-order chi connectivity index (χ1) is 8.81. The normalized spacial score (nSPS) is 29.2. The fraction of sp³-hybridized carbons (Fsp3) is 0.857. The average Bonchev–Trinajstić information content (AvgIpc) is 2.84. The number of hydrogen-bond acceptors (Lipinski definition) is 3. The maximum absolute atomic E-state index is 4.54. The van der Waals surface area contributed by atoms with Crippen molar-refractivity contribution in [1.82, 2.24) is 19.7 Å². The van der Waals surface area contributed by atoms with Crippen molar-refractivity contribution < 1.29 is 0 Å². The summed E-state index contributed by atoms with van der Waals surface area (Å²) >= 11 is 0. The lowest BCUT2D eigenvalue weighted by Gasteiger charge is -2.35. The maximum atomic E-state index is 4.54. The monoisotopic (exact) mass is 248 g/mol. The summed E-state index contributed by atoms with van der Waals surface area (Å²) < 4.78 is 2.43. The molecule has 0 aliphatic carbocycles. The molecule has 2 unspecified atom stereocenters. The lowest BCUT2D eigenvalue weighted by Crippen LogP contribution is -2.35. The van der Waals surface area contributed by atoms with Gasteiger partial charge in [0.2, 0.25) is 0 Å². The van der Waals surface area contributed by atoms with E-state index in [1.54, 1.807) is 0 Å². The Morgan fingerprint density at radius 3 is 2.89 bits per heavy atom. The van der Waals surface area contributed by atoms with Crippen LogP contribution in [0.2, 0.25) is 0 Å². The lowest BCUT2D eigenvalue weighted by molar-refractivity contribution is 0.143. The number of nitrogens with zero attached hydrogens (tertiary/aromatic N) is 4. The van der Waals surface area contributed by atoms with E-state index in [4.69, 9.17) is 0 Å². The number of piperidine rings is 1. The third-order valence-electron chi connectivity index (χ3n) is 4.57. The summed E-state index contributed by atoms with van der Waals surface area (Å²) in [5.41, 5.74) is 0. The van der Waals surface area contributed by atoms with Crippen molar-refractivity contribution in [3.63, 3.8) is 0 Å². The first-order valence-corrected chi connectivity index (χ1v) is 7.49. The summed E-state index contributed by atoms with van der Waals surface area (Å²) in [6, 6.07) is 1.09. The number of fused-ring (bicyclic) bond motifs is 1. The van der Waals surface area contributed by atoms with Crippen LogP contribution in [0.25, 0.3) is 0 Å². The van der Waals surface area contributed by atoms with E-state index in [1.165, 1.54) is 50.3 Å². The topological polar surface area (TPSA) is 34.0 Å². The van der Waals surface area contributed by atoms with Crippen molar-refractivity contribution in [2.45, 2.75) is 64.5 Å². The van der Waals surface area contributed by atoms with Gasteiger partial charge in [-0.3, -0.25) is 4.90 Å². The summed E-state index contributed by atoms with van der Waals surface area (Å²) in [6.07, 6.45) is 7.56. The minimum atomic E-state index is 0.505. The van der Waals surface area contributed by atoms with E-state index < -0.39 is 0 Å². The van der Waals surface area contributed by atoms with Gasteiger partial charge in [0.25, 0.3) is 0 Å². The molecule has 0 N–H and O–H groups in total. The quantitative estimate of drug-likeness (QED) is 0.807. The second kappa shape index (κ2) is 5.00. The highest BCUT2D eigenvalue weighted by Gasteiger charge is 2.30. The Morgan fingerprint density at radius 2 is 2.06 bits per heavy atom. The molecule has 3 rings (SSSR count). The van der Waals surface area contributed by atoms with Crippen LogP contribution >= 0.6 is 0 Å². The molecule has 2 aliphatic heterocycles. The predicted octanol–water partition coefficient (Wildman–Crippen LogP) is 2.72. The Morgan fingerprint density at radius 1 is 1.17 bits per heavy atom. The van der Waals surface area contributed by atoms with Crippen molar-refractivity contribution in [1.29, 1.82) is 0 Å². The summed E-state index contributed by atoms with van der Waals surface area (Å²) in [4.78, 5) is 2.57. The molecule has 0 spiro atoms. The van der Waals surface area contributed by atoms with Gasteiger partial charge in [-0.2, -0.15) is 0 Å². The molecule has 0 saturated carbocycles. The Hall–Kier alpha value is -0.900. The van der Waals surface area contributed by atoms with Crippen LogP contribution in [0.3, 0.4) is 0 Å². The third-order valence-corrected chi connectivity index (χ3v) is 4.57. The molecule has 100 valence electrons. The van der Waals surface area contributed by atoms with Crippen LogP contribution in [-0.4, -0.2) is 32.8 Å². The van der Waals surface area contributed by atoms with Gasteiger partial charge in [-0.05, 0) is 45.7 Å². The van der Waals surface area contributed by atoms with E-state index in [2.05, 4.69) is 33.5 Å². The van der Waals surface area contributed by atoms with Gasteiger partial charge in [-0.25, -0.2) is 0 Å². The van der Waals surface area contributed by atoms with Crippen molar-refractivity contribution >= 4 is 0 Å². The van der Waals surface area contributed by atoms with Gasteiger partial charge in [0.05, 0.1) is 6.04 Å². The van der Waals surface area contributed by atoms with Crippen molar-refractivity contribution in [2.75, 3.05) is 13.1 Å². The second-order valence-corrected chi connectivity index (χ2v) is 5.73. The molecule has 1 aromatic rings. The van der Waals surface area contributed by atoms with E-state index >= 15 is 0 Å². The molecule has 0 amide bonds. The van der Waals surface area contributed by atoms with E-state index in [1.807, 2.05) is 0 Å². The molecule has 3 heterocycles. The highest BCUT2D eigenvalue weighted by molar-refractivity contribution is 5.07. The number of likely N-dealkylation sites (tertiary alicyclic amines) is 1. The largest absolute Gasteiger partial charge is 0.311 e. The summed E-state index contributed by atoms with van der Waals surface area (Å²) in [5.74, 6) is 2.45. The molecule has 4 heteroatoms. The molecule has 18 heavy (non-hydrogen) atoms. The molecular weight excluding hydrogens is 224 g/mol. The average molecular weight is 248 g/mol. The maximum Gasteiger partial charge on any atom is 0.150 e. The SMILES string of the molecule is CCN1CCCCC1c1nnc2n1C(C)CCC2. The van der Waals surface area contributed by atoms with E-state index in [0.29, 0.717) is 12.1 Å². The molecule has 1 saturated heterocycles. The molecule has 2 aliphatic rings. The minimum Gasteiger partial charge on any atom is -0.311 e. The minimum absolute atomic E-state index is 0.505. The Bertz CT molecular complexity index is 412. The molecule has 1 fully saturated rings. The number of hydrogen-bond donors (Lipinski definition) is 0. The van der Waals surface area contributed by atoms with Gasteiger partial charge in [0, 0.05) is 12.5 Å². The van der Waals surface area contributed by atoms with E-state index in [-0.39, 0.29) is 0 Å². The van der Waals surface area contributed by atoms with Crippen LogP contribution in [0.5, 0.6) is 0 Å². The standard InChI is InChI=1S/C14H24N4/c1-3-17-10-5-4-8-12(17)14-16-15-13-9-6-7-11(2)18(13)14/h11-12H,3-10H2,1-2H3. The molecule has 0 aromatic carbocycles. The zero-order valence-corrected chi connectivity index (χ0v) is 11.6. The Kier molecular flexibility index (Phi) is 3.37. The molecular formula is C14H24N4. The van der Waals surface area contributed by atoms with Crippen LogP contribution in [0.15, 0.2) is 0 Å². The van der Waals surface area contributed by atoms with Gasteiger partial charge in [0.1, 0.15) is 5.82 Å². The zero-order chi connectivity index (χ0) is 12.5. The smallest absolute Gasteiger partial charge is 0.150 e. The molecule has 2 atom stereocenters. The first-order valence-electron chi connectivity index (χ1n) is 7.49. The molecule has 1 aromatic heterocycles. The van der Waals surface area contributed by atoms with Gasteiger partial charge in [-0.15, -0.1) is 10.2 Å². The highest BCUT2D eigenvalue weighted by Crippen LogP contribution is 2.34. The van der Waals surface area contributed by atoms with Gasteiger partial charge in [0.15, 0.2) is 5.82 Å². The van der Waals surface area contributed by atoms with Gasteiger partial charge in [-0.1, -0.05) is 13.3 Å². The van der Waals surface area contributed by atoms with Crippen LogP contribution in [0, 0.1) is 0 Å². The van der Waals surface area contributed by atoms with Crippen LogP contribution in [0.4, 0.5) is 0 Å². The fourth-order valence-electron chi connectivity index (χ4n) is 3.56. The summed E-state index contributed by atoms with van der Waals surface area (Å²) in [7, 11) is 0. The first kappa shape index (κ1) is 12.2. The Balaban J connectivity index is 1.93. The highest BCUT2D eigenvalue weighted by atomic mass is 15.3. The van der Waals surface area contributed by atoms with Crippen LogP contribution in [0.1, 0.15) is 69.7 Å². The second-order valence-electron chi connectivity index (χ2n) is 5.73. The number of aromatic nitrogens is 3. The zero-order valence-electron chi connectivity index (χ0n) is 11.6. The van der Waals surface area contributed by atoms with Crippen LogP contribution in [-0.2, 0) is 6.42 Å².